The lowest BCUT2D eigenvalue weighted by atomic mass is 10.2. The van der Waals surface area contributed by atoms with Crippen LogP contribution in [-0.2, 0) is 4.79 Å². The molecular formula is C22H19ClN4O2S2. The predicted octanol–water partition coefficient (Wildman–Crippen LogP) is 4.90. The number of thioether (sulfide) groups is 1. The molecule has 2 heterocycles. The van der Waals surface area contributed by atoms with Crippen LogP contribution in [0.1, 0.15) is 0 Å². The van der Waals surface area contributed by atoms with Gasteiger partial charge in [-0.2, -0.15) is 0 Å². The minimum Gasteiger partial charge on any atom is -0.378 e. The van der Waals surface area contributed by atoms with Gasteiger partial charge in [-0.15, -0.1) is 11.3 Å². The maximum absolute atomic E-state index is 13.1. The molecule has 0 saturated heterocycles. The monoisotopic (exact) mass is 470 g/mol. The van der Waals surface area contributed by atoms with Gasteiger partial charge in [-0.25, -0.2) is 4.98 Å². The standard InChI is InChI=1S/C22H19ClN4O2S2/c1-26(2)16-9-5-15(6-10-16)24-19(28)13-31-22-25-18-11-12-30-20(18)21(29)27(22)17-7-3-14(23)4-8-17/h3-12H,13H2,1-2H3,(H,24,28). The highest BCUT2D eigenvalue weighted by Gasteiger charge is 2.16. The molecule has 0 aliphatic heterocycles. The van der Waals surface area contributed by atoms with Crippen molar-refractivity contribution in [3.63, 3.8) is 0 Å². The first kappa shape index (κ1) is 21.4. The number of carbonyl (C=O) groups is 1. The number of benzene rings is 2. The fourth-order valence-electron chi connectivity index (χ4n) is 2.98. The second kappa shape index (κ2) is 9.13. The van der Waals surface area contributed by atoms with Crippen molar-refractivity contribution in [3.05, 3.63) is 75.4 Å². The summed E-state index contributed by atoms with van der Waals surface area (Å²) < 4.78 is 2.10. The summed E-state index contributed by atoms with van der Waals surface area (Å²) in [7, 11) is 3.92. The molecule has 31 heavy (non-hydrogen) atoms. The van der Waals surface area contributed by atoms with Gasteiger partial charge in [0.05, 0.1) is 17.0 Å². The SMILES string of the molecule is CN(C)c1ccc(NC(=O)CSc2nc3ccsc3c(=O)n2-c2ccc(Cl)cc2)cc1. The first-order valence-electron chi connectivity index (χ1n) is 9.38. The van der Waals surface area contributed by atoms with E-state index in [0.717, 1.165) is 5.69 Å². The third-order valence-corrected chi connectivity index (χ3v) is 6.62. The highest BCUT2D eigenvalue weighted by Crippen LogP contribution is 2.25. The van der Waals surface area contributed by atoms with Gasteiger partial charge in [0.15, 0.2) is 5.16 Å². The molecule has 0 aliphatic carbocycles. The van der Waals surface area contributed by atoms with E-state index in [1.54, 1.807) is 24.3 Å². The average molecular weight is 471 g/mol. The minimum atomic E-state index is -0.176. The summed E-state index contributed by atoms with van der Waals surface area (Å²) in [6.07, 6.45) is 0. The van der Waals surface area contributed by atoms with Crippen molar-refractivity contribution in [1.82, 2.24) is 9.55 Å². The summed E-state index contributed by atoms with van der Waals surface area (Å²) in [6, 6.07) is 16.4. The maximum Gasteiger partial charge on any atom is 0.276 e. The van der Waals surface area contributed by atoms with E-state index in [9.17, 15) is 9.59 Å². The number of rotatable bonds is 6. The third-order valence-electron chi connectivity index (χ3n) is 4.53. The van der Waals surface area contributed by atoms with Gasteiger partial charge in [0, 0.05) is 30.5 Å². The van der Waals surface area contributed by atoms with Gasteiger partial charge in [-0.3, -0.25) is 14.2 Å². The third kappa shape index (κ3) is 4.76. The highest BCUT2D eigenvalue weighted by molar-refractivity contribution is 7.99. The van der Waals surface area contributed by atoms with Gasteiger partial charge in [-0.05, 0) is 60.0 Å². The largest absolute Gasteiger partial charge is 0.378 e. The normalized spacial score (nSPS) is 10.9. The van der Waals surface area contributed by atoms with Crippen molar-refractivity contribution < 1.29 is 4.79 Å². The minimum absolute atomic E-state index is 0.116. The number of thiophene rings is 1. The van der Waals surface area contributed by atoms with Crippen molar-refractivity contribution in [2.24, 2.45) is 0 Å². The summed E-state index contributed by atoms with van der Waals surface area (Å²) in [5.74, 6) is -0.0598. The molecule has 158 valence electrons. The lowest BCUT2D eigenvalue weighted by Gasteiger charge is -2.13. The van der Waals surface area contributed by atoms with Gasteiger partial charge < -0.3 is 10.2 Å². The number of halogens is 1. The first-order valence-corrected chi connectivity index (χ1v) is 11.6. The lowest BCUT2D eigenvalue weighted by Crippen LogP contribution is -2.22. The number of hydrogen-bond acceptors (Lipinski definition) is 6. The number of amides is 1. The van der Waals surface area contributed by atoms with Gasteiger partial charge in [0.25, 0.3) is 5.56 Å². The van der Waals surface area contributed by atoms with Gasteiger partial charge in [-0.1, -0.05) is 23.4 Å². The molecular weight excluding hydrogens is 452 g/mol. The van der Waals surface area contributed by atoms with E-state index in [4.69, 9.17) is 11.6 Å². The number of fused-ring (bicyclic) bond motifs is 1. The van der Waals surface area contributed by atoms with E-state index < -0.39 is 0 Å². The Kier molecular flexibility index (Phi) is 6.31. The Bertz CT molecular complexity index is 1280. The summed E-state index contributed by atoms with van der Waals surface area (Å²) in [5.41, 5.74) is 2.88. The van der Waals surface area contributed by atoms with Crippen LogP contribution < -0.4 is 15.8 Å². The van der Waals surface area contributed by atoms with Gasteiger partial charge in [0.2, 0.25) is 5.91 Å². The Hall–Kier alpha value is -2.81. The van der Waals surface area contributed by atoms with Crippen LogP contribution in [0, 0.1) is 0 Å². The number of nitrogens with zero attached hydrogens (tertiary/aromatic N) is 3. The lowest BCUT2D eigenvalue weighted by molar-refractivity contribution is -0.113. The zero-order valence-electron chi connectivity index (χ0n) is 16.8. The van der Waals surface area contributed by atoms with Crippen LogP contribution in [0.5, 0.6) is 0 Å². The fourth-order valence-corrected chi connectivity index (χ4v) is 4.68. The Balaban J connectivity index is 1.57. The molecule has 0 aliphatic rings. The quantitative estimate of drug-likeness (QED) is 0.321. The fraction of sp³-hybridized carbons (Fsp3) is 0.136. The molecule has 0 fully saturated rings. The molecule has 0 bridgehead atoms. The molecule has 2 aromatic carbocycles. The number of hydrogen-bond donors (Lipinski definition) is 1. The Morgan fingerprint density at radius 3 is 2.52 bits per heavy atom. The number of aromatic nitrogens is 2. The molecule has 2 aromatic heterocycles. The van der Waals surface area contributed by atoms with Crippen LogP contribution in [0.25, 0.3) is 15.9 Å². The molecule has 1 amide bonds. The van der Waals surface area contributed by atoms with Crippen LogP contribution in [0.3, 0.4) is 0 Å². The molecule has 1 N–H and O–H groups in total. The molecule has 0 radical (unpaired) electrons. The topological polar surface area (TPSA) is 67.2 Å². The molecule has 6 nitrogen and oxygen atoms in total. The summed E-state index contributed by atoms with van der Waals surface area (Å²) in [4.78, 5) is 32.2. The van der Waals surface area contributed by atoms with E-state index in [1.807, 2.05) is 54.7 Å². The number of anilines is 2. The first-order chi connectivity index (χ1) is 14.9. The van der Waals surface area contributed by atoms with Crippen molar-refractivity contribution in [2.75, 3.05) is 30.1 Å². The van der Waals surface area contributed by atoms with Crippen LogP contribution in [0.2, 0.25) is 5.02 Å². The molecule has 0 spiro atoms. The summed E-state index contributed by atoms with van der Waals surface area (Å²) in [6.45, 7) is 0. The maximum atomic E-state index is 13.1. The summed E-state index contributed by atoms with van der Waals surface area (Å²) >= 11 is 8.57. The van der Waals surface area contributed by atoms with Crippen LogP contribution in [-0.4, -0.2) is 35.3 Å². The predicted molar refractivity (Wildman–Crippen MR) is 130 cm³/mol. The summed E-state index contributed by atoms with van der Waals surface area (Å²) in [5, 5.41) is 5.75. The highest BCUT2D eigenvalue weighted by atomic mass is 35.5. The van der Waals surface area contributed by atoms with Crippen molar-refractivity contribution in [3.8, 4) is 5.69 Å². The average Bonchev–Trinajstić information content (AvgIpc) is 3.23. The van der Waals surface area contributed by atoms with Crippen molar-refractivity contribution >= 4 is 62.2 Å². The van der Waals surface area contributed by atoms with Gasteiger partial charge in [0.1, 0.15) is 4.70 Å². The van der Waals surface area contributed by atoms with Crippen molar-refractivity contribution in [2.45, 2.75) is 5.16 Å². The molecule has 0 atom stereocenters. The molecule has 4 rings (SSSR count). The Morgan fingerprint density at radius 2 is 1.84 bits per heavy atom. The van der Waals surface area contributed by atoms with E-state index in [2.05, 4.69) is 10.3 Å². The Labute approximate surface area is 192 Å². The zero-order chi connectivity index (χ0) is 22.0. The number of nitrogens with one attached hydrogen (secondary N) is 1. The van der Waals surface area contributed by atoms with E-state index in [1.165, 1.54) is 27.7 Å². The second-order valence-corrected chi connectivity index (χ2v) is 9.22. The van der Waals surface area contributed by atoms with E-state index in [0.29, 0.717) is 31.8 Å². The van der Waals surface area contributed by atoms with E-state index in [-0.39, 0.29) is 17.2 Å². The van der Waals surface area contributed by atoms with Gasteiger partial charge >= 0.3 is 0 Å². The zero-order valence-corrected chi connectivity index (χ0v) is 19.2. The second-order valence-electron chi connectivity index (χ2n) is 6.92. The van der Waals surface area contributed by atoms with E-state index >= 15 is 0 Å². The molecule has 0 unspecified atom stereocenters. The van der Waals surface area contributed by atoms with Crippen LogP contribution in [0.15, 0.2) is 69.9 Å². The number of carbonyl (C=O) groups excluding carboxylic acids is 1. The van der Waals surface area contributed by atoms with Crippen LogP contribution in [0.4, 0.5) is 11.4 Å². The molecule has 0 saturated carbocycles. The van der Waals surface area contributed by atoms with Crippen LogP contribution >= 0.6 is 34.7 Å². The smallest absolute Gasteiger partial charge is 0.276 e. The van der Waals surface area contributed by atoms with Crippen molar-refractivity contribution in [1.29, 1.82) is 0 Å². The molecule has 9 heteroatoms. The molecule has 4 aromatic rings. The Morgan fingerprint density at radius 1 is 1.13 bits per heavy atom.